The molecule has 2 rings (SSSR count). The summed E-state index contributed by atoms with van der Waals surface area (Å²) in [5, 5.41) is 4.08. The molecule has 0 aliphatic rings. The first-order chi connectivity index (χ1) is 6.24. The van der Waals surface area contributed by atoms with E-state index in [9.17, 15) is 0 Å². The monoisotopic (exact) mass is 178 g/mol. The van der Waals surface area contributed by atoms with Gasteiger partial charge in [-0.25, -0.2) is 4.98 Å². The van der Waals surface area contributed by atoms with Gasteiger partial charge in [-0.05, 0) is 13.0 Å². The molecule has 13 heavy (non-hydrogen) atoms. The number of imidazole rings is 1. The van der Waals surface area contributed by atoms with E-state index in [-0.39, 0.29) is 0 Å². The quantitative estimate of drug-likeness (QED) is 0.695. The van der Waals surface area contributed by atoms with Crippen molar-refractivity contribution in [1.82, 2.24) is 14.6 Å². The second kappa shape index (κ2) is 2.62. The van der Waals surface area contributed by atoms with Crippen molar-refractivity contribution in [2.45, 2.75) is 6.92 Å². The number of ether oxygens (including phenoxy) is 1. The normalized spacial score (nSPS) is 10.6. The molecule has 0 fully saturated rings. The molecule has 0 atom stereocenters. The lowest BCUT2D eigenvalue weighted by Crippen LogP contribution is -1.98. The van der Waals surface area contributed by atoms with Crippen LogP contribution in [0.3, 0.4) is 0 Å². The number of fused-ring (bicyclic) bond motifs is 1. The fourth-order valence-electron chi connectivity index (χ4n) is 1.29. The molecule has 2 N–H and O–H groups in total. The Labute approximate surface area is 75.1 Å². The topological polar surface area (TPSA) is 65.4 Å². The van der Waals surface area contributed by atoms with Crippen LogP contribution in [0.1, 0.15) is 5.69 Å². The number of hydrogen-bond acceptors (Lipinski definition) is 4. The summed E-state index contributed by atoms with van der Waals surface area (Å²) in [4.78, 5) is 4.23. The maximum Gasteiger partial charge on any atom is 0.238 e. The van der Waals surface area contributed by atoms with Crippen molar-refractivity contribution < 1.29 is 4.74 Å². The Morgan fingerprint density at radius 1 is 1.54 bits per heavy atom. The van der Waals surface area contributed by atoms with Crippen molar-refractivity contribution in [3.05, 3.63) is 18.0 Å². The molecule has 2 aromatic rings. The first kappa shape index (κ1) is 7.85. The van der Waals surface area contributed by atoms with Crippen molar-refractivity contribution in [2.24, 2.45) is 0 Å². The highest BCUT2D eigenvalue weighted by Crippen LogP contribution is 2.20. The first-order valence-electron chi connectivity index (χ1n) is 3.88. The van der Waals surface area contributed by atoms with Crippen molar-refractivity contribution in [2.75, 3.05) is 12.8 Å². The number of rotatable bonds is 1. The Morgan fingerprint density at radius 2 is 2.31 bits per heavy atom. The van der Waals surface area contributed by atoms with Crippen LogP contribution in [0.5, 0.6) is 5.88 Å². The lowest BCUT2D eigenvalue weighted by atomic mass is 10.5. The van der Waals surface area contributed by atoms with E-state index < -0.39 is 0 Å². The van der Waals surface area contributed by atoms with Gasteiger partial charge >= 0.3 is 0 Å². The fraction of sp³-hybridized carbons (Fsp3) is 0.250. The fourth-order valence-corrected chi connectivity index (χ4v) is 1.29. The molecule has 5 nitrogen and oxygen atoms in total. The molecular formula is C8H10N4O. The van der Waals surface area contributed by atoms with E-state index in [1.807, 2.05) is 6.92 Å². The molecule has 5 heteroatoms. The minimum absolute atomic E-state index is 0.599. The van der Waals surface area contributed by atoms with Crippen LogP contribution in [0.15, 0.2) is 12.3 Å². The number of aromatic nitrogens is 3. The Kier molecular flexibility index (Phi) is 1.58. The molecule has 0 aliphatic heterocycles. The predicted molar refractivity (Wildman–Crippen MR) is 48.7 cm³/mol. The van der Waals surface area contributed by atoms with Gasteiger partial charge in [0.05, 0.1) is 19.0 Å². The highest BCUT2D eigenvalue weighted by Gasteiger charge is 2.10. The Balaban J connectivity index is 2.86. The summed E-state index contributed by atoms with van der Waals surface area (Å²) in [6, 6.07) is 1.71. The maximum absolute atomic E-state index is 5.71. The number of nitrogens with two attached hydrogens (primary N) is 1. The SMILES string of the molecule is COc1c(C)nc2c(N)ccnn12. The third kappa shape index (κ3) is 1.00. The van der Waals surface area contributed by atoms with E-state index in [2.05, 4.69) is 10.1 Å². The van der Waals surface area contributed by atoms with Gasteiger partial charge in [0.25, 0.3) is 0 Å². The second-order valence-corrected chi connectivity index (χ2v) is 2.73. The molecule has 0 radical (unpaired) electrons. The van der Waals surface area contributed by atoms with Crippen molar-refractivity contribution in [3.8, 4) is 5.88 Å². The van der Waals surface area contributed by atoms with Crippen LogP contribution in [-0.4, -0.2) is 21.7 Å². The number of anilines is 1. The molecule has 0 aliphatic carbocycles. The van der Waals surface area contributed by atoms with Gasteiger partial charge in [0.2, 0.25) is 5.88 Å². The largest absolute Gasteiger partial charge is 0.480 e. The van der Waals surface area contributed by atoms with Gasteiger partial charge in [-0.15, -0.1) is 0 Å². The summed E-state index contributed by atoms with van der Waals surface area (Å²) in [6.07, 6.45) is 1.62. The van der Waals surface area contributed by atoms with Gasteiger partial charge in [0.1, 0.15) is 5.69 Å². The van der Waals surface area contributed by atoms with Gasteiger partial charge in [-0.3, -0.25) is 0 Å². The van der Waals surface area contributed by atoms with Crippen LogP contribution in [0.25, 0.3) is 5.65 Å². The van der Waals surface area contributed by atoms with Crippen molar-refractivity contribution >= 4 is 11.3 Å². The van der Waals surface area contributed by atoms with Crippen molar-refractivity contribution in [1.29, 1.82) is 0 Å². The summed E-state index contributed by atoms with van der Waals surface area (Å²) in [5.74, 6) is 0.627. The average Bonchev–Trinajstić information content (AvgIpc) is 2.43. The van der Waals surface area contributed by atoms with E-state index in [0.29, 0.717) is 17.2 Å². The Bertz CT molecular complexity index is 449. The molecule has 0 saturated carbocycles. The zero-order valence-corrected chi connectivity index (χ0v) is 7.48. The highest BCUT2D eigenvalue weighted by molar-refractivity contribution is 5.65. The van der Waals surface area contributed by atoms with Gasteiger partial charge in [0, 0.05) is 0 Å². The van der Waals surface area contributed by atoms with Crippen LogP contribution < -0.4 is 10.5 Å². The number of aryl methyl sites for hydroxylation is 1. The van der Waals surface area contributed by atoms with Crippen LogP contribution >= 0.6 is 0 Å². The minimum atomic E-state index is 0.599. The van der Waals surface area contributed by atoms with Crippen LogP contribution in [-0.2, 0) is 0 Å². The molecular weight excluding hydrogens is 168 g/mol. The summed E-state index contributed by atoms with van der Waals surface area (Å²) in [7, 11) is 1.58. The lowest BCUT2D eigenvalue weighted by Gasteiger charge is -1.99. The summed E-state index contributed by atoms with van der Waals surface area (Å²) in [6.45, 7) is 1.85. The summed E-state index contributed by atoms with van der Waals surface area (Å²) < 4.78 is 6.72. The molecule has 0 saturated heterocycles. The molecule has 2 heterocycles. The second-order valence-electron chi connectivity index (χ2n) is 2.73. The Hall–Kier alpha value is -1.78. The molecule has 0 spiro atoms. The van der Waals surface area contributed by atoms with E-state index in [4.69, 9.17) is 10.5 Å². The number of hydrogen-bond donors (Lipinski definition) is 1. The number of methoxy groups -OCH3 is 1. The van der Waals surface area contributed by atoms with E-state index >= 15 is 0 Å². The van der Waals surface area contributed by atoms with Crippen molar-refractivity contribution in [3.63, 3.8) is 0 Å². The van der Waals surface area contributed by atoms with E-state index in [0.717, 1.165) is 5.69 Å². The predicted octanol–water partition coefficient (Wildman–Crippen LogP) is 0.629. The van der Waals surface area contributed by atoms with Crippen LogP contribution in [0, 0.1) is 6.92 Å². The molecule has 0 bridgehead atoms. The molecule has 0 amide bonds. The van der Waals surface area contributed by atoms with E-state index in [1.165, 1.54) is 0 Å². The number of nitrogen functional groups attached to an aromatic ring is 1. The smallest absolute Gasteiger partial charge is 0.238 e. The van der Waals surface area contributed by atoms with Gasteiger partial charge < -0.3 is 10.5 Å². The van der Waals surface area contributed by atoms with Gasteiger partial charge in [-0.2, -0.15) is 9.61 Å². The maximum atomic E-state index is 5.71. The number of nitrogens with zero attached hydrogens (tertiary/aromatic N) is 3. The zero-order valence-electron chi connectivity index (χ0n) is 7.48. The molecule has 0 unspecified atom stereocenters. The molecule has 2 aromatic heterocycles. The summed E-state index contributed by atoms with van der Waals surface area (Å²) >= 11 is 0. The third-order valence-electron chi connectivity index (χ3n) is 1.86. The zero-order chi connectivity index (χ0) is 9.42. The Morgan fingerprint density at radius 3 is 3.00 bits per heavy atom. The standard InChI is InChI=1S/C8H10N4O/c1-5-8(13-2)12-7(11-5)6(9)3-4-10-12/h3-4H,9H2,1-2H3. The summed E-state index contributed by atoms with van der Waals surface area (Å²) in [5.41, 5.74) is 7.73. The lowest BCUT2D eigenvalue weighted by molar-refractivity contribution is 0.384. The van der Waals surface area contributed by atoms with Crippen LogP contribution in [0.2, 0.25) is 0 Å². The van der Waals surface area contributed by atoms with E-state index in [1.54, 1.807) is 23.9 Å². The first-order valence-corrected chi connectivity index (χ1v) is 3.88. The van der Waals surface area contributed by atoms with Gasteiger partial charge in [0.15, 0.2) is 5.65 Å². The molecule has 0 aromatic carbocycles. The molecule has 68 valence electrons. The van der Waals surface area contributed by atoms with Crippen LogP contribution in [0.4, 0.5) is 5.69 Å². The minimum Gasteiger partial charge on any atom is -0.480 e. The van der Waals surface area contributed by atoms with Gasteiger partial charge in [-0.1, -0.05) is 0 Å². The third-order valence-corrected chi connectivity index (χ3v) is 1.86. The average molecular weight is 178 g/mol. The highest BCUT2D eigenvalue weighted by atomic mass is 16.5.